The lowest BCUT2D eigenvalue weighted by Crippen LogP contribution is -2.11. The van der Waals surface area contributed by atoms with Crippen molar-refractivity contribution >= 4 is 11.8 Å². The molecule has 0 N–H and O–H groups in total. The van der Waals surface area contributed by atoms with Crippen molar-refractivity contribution in [3.8, 4) is 0 Å². The predicted octanol–water partition coefficient (Wildman–Crippen LogP) is 2.03. The number of hydrogen-bond donors (Lipinski definition) is 0. The van der Waals surface area contributed by atoms with E-state index in [1.807, 2.05) is 0 Å². The summed E-state index contributed by atoms with van der Waals surface area (Å²) in [6.45, 7) is 5.45. The van der Waals surface area contributed by atoms with Crippen molar-refractivity contribution in [3.05, 3.63) is 23.2 Å². The third kappa shape index (κ3) is 2.94. The Morgan fingerprint density at radius 3 is 2.53 bits per heavy atom. The number of carbonyl (C=O) groups is 2. The minimum Gasteiger partial charge on any atom is -0.466 e. The Morgan fingerprint density at radius 2 is 2.07 bits per heavy atom. The Balaban J connectivity index is 2.69. The molecule has 0 saturated carbocycles. The fourth-order valence-electron chi connectivity index (χ4n) is 1.35. The fourth-order valence-corrected chi connectivity index (χ4v) is 1.35. The topological polar surface area (TPSA) is 56.5 Å². The van der Waals surface area contributed by atoms with Crippen LogP contribution in [-0.2, 0) is 9.53 Å². The van der Waals surface area contributed by atoms with Crippen molar-refractivity contribution in [1.29, 1.82) is 0 Å². The second-order valence-electron chi connectivity index (χ2n) is 3.23. The van der Waals surface area contributed by atoms with E-state index in [9.17, 15) is 9.59 Å². The molecule has 1 rings (SSSR count). The average Bonchev–Trinajstić information content (AvgIpc) is 2.45. The molecule has 0 saturated heterocycles. The zero-order valence-electron chi connectivity index (χ0n) is 9.12. The molecule has 4 nitrogen and oxygen atoms in total. The van der Waals surface area contributed by atoms with E-state index in [1.165, 1.54) is 0 Å². The SMILES string of the molecule is CCOC(=O)CC(=O)c1cc(C)oc1C. The van der Waals surface area contributed by atoms with Gasteiger partial charge >= 0.3 is 5.97 Å². The van der Waals surface area contributed by atoms with Gasteiger partial charge in [-0.2, -0.15) is 0 Å². The zero-order valence-corrected chi connectivity index (χ0v) is 9.12. The smallest absolute Gasteiger partial charge is 0.313 e. The van der Waals surface area contributed by atoms with Crippen molar-refractivity contribution in [3.63, 3.8) is 0 Å². The summed E-state index contributed by atoms with van der Waals surface area (Å²) in [5, 5.41) is 0. The highest BCUT2D eigenvalue weighted by molar-refractivity contribution is 6.06. The lowest BCUT2D eigenvalue weighted by Gasteiger charge is -1.99. The second-order valence-corrected chi connectivity index (χ2v) is 3.23. The minimum atomic E-state index is -0.499. The van der Waals surface area contributed by atoms with E-state index in [0.717, 1.165) is 0 Å². The number of esters is 1. The maximum atomic E-state index is 11.6. The molecule has 0 amide bonds. The van der Waals surface area contributed by atoms with Crippen LogP contribution >= 0.6 is 0 Å². The van der Waals surface area contributed by atoms with Gasteiger partial charge in [-0.1, -0.05) is 0 Å². The molecule has 4 heteroatoms. The summed E-state index contributed by atoms with van der Waals surface area (Å²) in [7, 11) is 0. The minimum absolute atomic E-state index is 0.229. The molecule has 1 aromatic heterocycles. The molecule has 0 bridgehead atoms. The van der Waals surface area contributed by atoms with Crippen molar-refractivity contribution in [2.45, 2.75) is 27.2 Å². The van der Waals surface area contributed by atoms with Crippen molar-refractivity contribution in [2.24, 2.45) is 0 Å². The van der Waals surface area contributed by atoms with Gasteiger partial charge in [0, 0.05) is 0 Å². The molecule has 0 aromatic carbocycles. The van der Waals surface area contributed by atoms with E-state index >= 15 is 0 Å². The van der Waals surface area contributed by atoms with Crippen LogP contribution in [0.25, 0.3) is 0 Å². The summed E-state index contributed by atoms with van der Waals surface area (Å²) in [4.78, 5) is 22.7. The van der Waals surface area contributed by atoms with Crippen LogP contribution in [0.15, 0.2) is 10.5 Å². The average molecular weight is 210 g/mol. The van der Waals surface area contributed by atoms with Gasteiger partial charge in [0.2, 0.25) is 0 Å². The van der Waals surface area contributed by atoms with E-state index in [4.69, 9.17) is 9.15 Å². The molecule has 0 unspecified atom stereocenters. The summed E-state index contributed by atoms with van der Waals surface area (Å²) in [6, 6.07) is 1.64. The summed E-state index contributed by atoms with van der Waals surface area (Å²) in [5.74, 6) is 0.449. The highest BCUT2D eigenvalue weighted by Gasteiger charge is 2.17. The maximum Gasteiger partial charge on any atom is 0.313 e. The molecule has 1 heterocycles. The van der Waals surface area contributed by atoms with Gasteiger partial charge in [0.15, 0.2) is 5.78 Å². The van der Waals surface area contributed by atoms with Gasteiger partial charge in [-0.3, -0.25) is 9.59 Å². The first kappa shape index (κ1) is 11.5. The van der Waals surface area contributed by atoms with Crippen LogP contribution in [0.2, 0.25) is 0 Å². The third-order valence-electron chi connectivity index (χ3n) is 1.95. The standard InChI is InChI=1S/C11H14O4/c1-4-14-11(13)6-10(12)9-5-7(2)15-8(9)3/h5H,4,6H2,1-3H3. The van der Waals surface area contributed by atoms with Crippen LogP contribution < -0.4 is 0 Å². The molecular formula is C11H14O4. The van der Waals surface area contributed by atoms with E-state index < -0.39 is 5.97 Å². The molecule has 0 fully saturated rings. The van der Waals surface area contributed by atoms with Crippen molar-refractivity contribution in [1.82, 2.24) is 0 Å². The third-order valence-corrected chi connectivity index (χ3v) is 1.95. The highest BCUT2D eigenvalue weighted by atomic mass is 16.5. The van der Waals surface area contributed by atoms with Gasteiger partial charge in [-0.05, 0) is 26.8 Å². The van der Waals surface area contributed by atoms with Crippen molar-refractivity contribution in [2.75, 3.05) is 6.61 Å². The first-order valence-electron chi connectivity index (χ1n) is 4.80. The number of rotatable bonds is 4. The summed E-state index contributed by atoms with van der Waals surface area (Å²) < 4.78 is 9.89. The second kappa shape index (κ2) is 4.77. The van der Waals surface area contributed by atoms with E-state index in [-0.39, 0.29) is 18.8 Å². The Morgan fingerprint density at radius 1 is 1.40 bits per heavy atom. The van der Waals surface area contributed by atoms with Crippen LogP contribution in [0.3, 0.4) is 0 Å². The first-order chi connectivity index (χ1) is 7.04. The summed E-state index contributed by atoms with van der Waals surface area (Å²) in [5.41, 5.74) is 0.459. The molecular weight excluding hydrogens is 196 g/mol. The number of carbonyl (C=O) groups excluding carboxylic acids is 2. The monoisotopic (exact) mass is 210 g/mol. The normalized spacial score (nSPS) is 10.1. The highest BCUT2D eigenvalue weighted by Crippen LogP contribution is 2.15. The van der Waals surface area contributed by atoms with E-state index in [2.05, 4.69) is 0 Å². The fraction of sp³-hybridized carbons (Fsp3) is 0.455. The van der Waals surface area contributed by atoms with Crippen LogP contribution in [0, 0.1) is 13.8 Å². The van der Waals surface area contributed by atoms with Gasteiger partial charge in [0.05, 0.1) is 12.2 Å². The Hall–Kier alpha value is -1.58. The largest absolute Gasteiger partial charge is 0.466 e. The van der Waals surface area contributed by atoms with Gasteiger partial charge in [-0.15, -0.1) is 0 Å². The Bertz CT molecular complexity index is 376. The van der Waals surface area contributed by atoms with E-state index in [1.54, 1.807) is 26.8 Å². The summed E-state index contributed by atoms with van der Waals surface area (Å²) in [6.07, 6.45) is -0.229. The predicted molar refractivity (Wildman–Crippen MR) is 53.8 cm³/mol. The zero-order chi connectivity index (χ0) is 11.4. The number of hydrogen-bond acceptors (Lipinski definition) is 4. The van der Waals surface area contributed by atoms with Gasteiger partial charge in [0.1, 0.15) is 17.9 Å². The molecule has 0 aliphatic carbocycles. The quantitative estimate of drug-likeness (QED) is 0.433. The van der Waals surface area contributed by atoms with E-state index in [0.29, 0.717) is 17.1 Å². The molecule has 15 heavy (non-hydrogen) atoms. The lowest BCUT2D eigenvalue weighted by molar-refractivity contribution is -0.141. The molecule has 0 radical (unpaired) electrons. The van der Waals surface area contributed by atoms with Crippen LogP contribution in [0.4, 0.5) is 0 Å². The Kier molecular flexibility index (Phi) is 3.66. The first-order valence-corrected chi connectivity index (χ1v) is 4.80. The van der Waals surface area contributed by atoms with Gasteiger partial charge < -0.3 is 9.15 Å². The molecule has 0 spiro atoms. The Labute approximate surface area is 88.2 Å². The number of aryl methyl sites for hydroxylation is 2. The molecule has 0 aliphatic heterocycles. The van der Waals surface area contributed by atoms with Gasteiger partial charge in [0.25, 0.3) is 0 Å². The molecule has 0 atom stereocenters. The van der Waals surface area contributed by atoms with Crippen LogP contribution in [0.5, 0.6) is 0 Å². The van der Waals surface area contributed by atoms with Crippen LogP contribution in [0.1, 0.15) is 35.2 Å². The molecule has 1 aromatic rings. The van der Waals surface area contributed by atoms with Crippen molar-refractivity contribution < 1.29 is 18.7 Å². The van der Waals surface area contributed by atoms with Crippen LogP contribution in [-0.4, -0.2) is 18.4 Å². The number of ether oxygens (including phenoxy) is 1. The lowest BCUT2D eigenvalue weighted by atomic mass is 10.1. The van der Waals surface area contributed by atoms with Gasteiger partial charge in [-0.25, -0.2) is 0 Å². The number of furan rings is 1. The summed E-state index contributed by atoms with van der Waals surface area (Å²) >= 11 is 0. The number of ketones is 1. The molecule has 82 valence electrons. The maximum absolute atomic E-state index is 11.6. The molecule has 0 aliphatic rings. The number of Topliss-reactive ketones (excluding diaryl/α,β-unsaturated/α-hetero) is 1.